The molecule has 8 heteroatoms. The molecule has 0 aliphatic carbocycles. The van der Waals surface area contributed by atoms with Crippen LogP contribution in [0, 0.1) is 0 Å². The van der Waals surface area contributed by atoms with Crippen LogP contribution in [-0.2, 0) is 11.3 Å². The van der Waals surface area contributed by atoms with Crippen LogP contribution in [0.25, 0.3) is 0 Å². The molecule has 2 aromatic carbocycles. The second-order valence-electron chi connectivity index (χ2n) is 6.33. The van der Waals surface area contributed by atoms with Crippen molar-refractivity contribution in [2.75, 3.05) is 13.7 Å². The largest absolute Gasteiger partial charge is 0.493 e. The molecule has 0 unspecified atom stereocenters. The molecule has 0 atom stereocenters. The van der Waals surface area contributed by atoms with E-state index in [1.54, 1.807) is 6.07 Å². The van der Waals surface area contributed by atoms with E-state index in [4.69, 9.17) is 26.8 Å². The van der Waals surface area contributed by atoms with Gasteiger partial charge in [0.15, 0.2) is 18.1 Å². The van der Waals surface area contributed by atoms with Crippen molar-refractivity contribution in [3.63, 3.8) is 0 Å². The first-order valence-electron chi connectivity index (χ1n) is 9.05. The van der Waals surface area contributed by atoms with Gasteiger partial charge in [0.05, 0.1) is 12.1 Å². The second-order valence-corrected chi connectivity index (χ2v) is 6.74. The Bertz CT molecular complexity index is 1130. The van der Waals surface area contributed by atoms with Crippen molar-refractivity contribution >= 4 is 23.4 Å². The lowest BCUT2D eigenvalue weighted by Crippen LogP contribution is -2.22. The molecule has 0 radical (unpaired) electrons. The zero-order valence-corrected chi connectivity index (χ0v) is 17.0. The molecule has 2 N–H and O–H groups in total. The first-order valence-corrected chi connectivity index (χ1v) is 9.43. The molecule has 1 aromatic heterocycles. The highest BCUT2D eigenvalue weighted by atomic mass is 35.5. The van der Waals surface area contributed by atoms with E-state index in [-0.39, 0.29) is 28.7 Å². The number of halogens is 1. The molecule has 0 fully saturated rings. The molecule has 0 aliphatic heterocycles. The predicted octanol–water partition coefficient (Wildman–Crippen LogP) is 2.80. The van der Waals surface area contributed by atoms with Crippen LogP contribution in [0.5, 0.6) is 11.5 Å². The number of nitrogens with two attached hydrogens (primary N) is 1. The van der Waals surface area contributed by atoms with Gasteiger partial charge in [-0.25, -0.2) is 0 Å². The van der Waals surface area contributed by atoms with Crippen LogP contribution >= 0.6 is 11.6 Å². The maximum atomic E-state index is 12.8. The summed E-state index contributed by atoms with van der Waals surface area (Å²) in [6.45, 7) is 0.203. The lowest BCUT2D eigenvalue weighted by molar-refractivity contribution is -0.119. The molecule has 0 saturated heterocycles. The van der Waals surface area contributed by atoms with Gasteiger partial charge in [0.25, 0.3) is 11.8 Å². The maximum absolute atomic E-state index is 12.8. The third-order valence-electron chi connectivity index (χ3n) is 4.16. The standard InChI is InChI=1S/C22H20ClN3O4/c1-29-18-12-16(11-17(23)21(18)30-14-19(24)27)22(28)25-20-9-5-6-10-26(20)13-15-7-3-2-4-8-15/h2-12H,13-14H2,1H3,(H2,24,27). The van der Waals surface area contributed by atoms with E-state index in [1.165, 1.54) is 19.2 Å². The fourth-order valence-electron chi connectivity index (χ4n) is 2.78. The van der Waals surface area contributed by atoms with Crippen molar-refractivity contribution in [3.8, 4) is 11.5 Å². The molecular weight excluding hydrogens is 406 g/mol. The van der Waals surface area contributed by atoms with E-state index in [2.05, 4.69) is 4.99 Å². The van der Waals surface area contributed by atoms with Crippen LogP contribution in [0.3, 0.4) is 0 Å². The fourth-order valence-corrected chi connectivity index (χ4v) is 3.04. The number of ether oxygens (including phenoxy) is 2. The summed E-state index contributed by atoms with van der Waals surface area (Å²) < 4.78 is 12.4. The molecule has 3 rings (SSSR count). The van der Waals surface area contributed by atoms with E-state index in [1.807, 2.05) is 53.2 Å². The second kappa shape index (κ2) is 9.76. The number of amides is 2. The van der Waals surface area contributed by atoms with E-state index >= 15 is 0 Å². The number of aromatic nitrogens is 1. The third kappa shape index (κ3) is 5.27. The molecule has 154 valence electrons. The van der Waals surface area contributed by atoms with Crippen molar-refractivity contribution in [1.29, 1.82) is 0 Å². The van der Waals surface area contributed by atoms with Crippen molar-refractivity contribution in [1.82, 2.24) is 4.57 Å². The van der Waals surface area contributed by atoms with Gasteiger partial charge in [-0.15, -0.1) is 0 Å². The molecule has 3 aromatic rings. The highest BCUT2D eigenvalue weighted by Crippen LogP contribution is 2.36. The van der Waals surface area contributed by atoms with Gasteiger partial charge in [-0.1, -0.05) is 48.0 Å². The van der Waals surface area contributed by atoms with Gasteiger partial charge in [0, 0.05) is 18.3 Å². The number of primary amides is 1. The van der Waals surface area contributed by atoms with Crippen LogP contribution in [0.2, 0.25) is 5.02 Å². The van der Waals surface area contributed by atoms with Crippen LogP contribution in [0.15, 0.2) is 71.9 Å². The van der Waals surface area contributed by atoms with Gasteiger partial charge < -0.3 is 19.8 Å². The Kier molecular flexibility index (Phi) is 6.87. The lowest BCUT2D eigenvalue weighted by atomic mass is 10.2. The Hall–Kier alpha value is -3.58. The lowest BCUT2D eigenvalue weighted by Gasteiger charge is -2.12. The Morgan fingerprint density at radius 3 is 2.53 bits per heavy atom. The number of nitrogens with zero attached hydrogens (tertiary/aromatic N) is 2. The molecule has 7 nitrogen and oxygen atoms in total. The highest BCUT2D eigenvalue weighted by molar-refractivity contribution is 6.32. The number of carbonyl (C=O) groups is 2. The monoisotopic (exact) mass is 425 g/mol. The summed E-state index contributed by atoms with van der Waals surface area (Å²) in [6, 6.07) is 18.2. The van der Waals surface area contributed by atoms with Crippen molar-refractivity contribution < 1.29 is 19.1 Å². The minimum atomic E-state index is -0.657. The topological polar surface area (TPSA) is 95.9 Å². The van der Waals surface area contributed by atoms with Gasteiger partial charge in [-0.2, -0.15) is 4.99 Å². The van der Waals surface area contributed by atoms with E-state index in [0.29, 0.717) is 12.0 Å². The first kappa shape index (κ1) is 21.1. The molecule has 0 aliphatic rings. The molecule has 1 heterocycles. The molecule has 2 amide bonds. The number of hydrogen-bond donors (Lipinski definition) is 1. The molecule has 0 saturated carbocycles. The van der Waals surface area contributed by atoms with Gasteiger partial charge in [-0.3, -0.25) is 9.59 Å². The van der Waals surface area contributed by atoms with Gasteiger partial charge >= 0.3 is 0 Å². The molecular formula is C22H20ClN3O4. The Morgan fingerprint density at radius 2 is 1.83 bits per heavy atom. The number of benzene rings is 2. The van der Waals surface area contributed by atoms with Crippen molar-refractivity contribution in [2.24, 2.45) is 10.7 Å². The summed E-state index contributed by atoms with van der Waals surface area (Å²) in [4.78, 5) is 28.0. The van der Waals surface area contributed by atoms with Gasteiger partial charge in [0.1, 0.15) is 5.49 Å². The molecule has 0 bridgehead atoms. The maximum Gasteiger partial charge on any atom is 0.279 e. The number of hydrogen-bond acceptors (Lipinski definition) is 4. The quantitative estimate of drug-likeness (QED) is 0.629. The van der Waals surface area contributed by atoms with E-state index in [9.17, 15) is 9.59 Å². The summed E-state index contributed by atoms with van der Waals surface area (Å²) in [7, 11) is 1.40. The smallest absolute Gasteiger partial charge is 0.279 e. The van der Waals surface area contributed by atoms with Gasteiger partial charge in [0.2, 0.25) is 0 Å². The van der Waals surface area contributed by atoms with Crippen LogP contribution in [0.1, 0.15) is 15.9 Å². The Morgan fingerprint density at radius 1 is 1.10 bits per heavy atom. The van der Waals surface area contributed by atoms with Crippen LogP contribution in [0.4, 0.5) is 0 Å². The normalized spacial score (nSPS) is 11.2. The minimum Gasteiger partial charge on any atom is -0.493 e. The SMILES string of the molecule is COc1cc(C(=O)N=c2ccccn2Cc2ccccc2)cc(Cl)c1OCC(N)=O. The average molecular weight is 426 g/mol. The summed E-state index contributed by atoms with van der Waals surface area (Å²) in [5, 5.41) is 0.111. The average Bonchev–Trinajstić information content (AvgIpc) is 2.74. The predicted molar refractivity (Wildman–Crippen MR) is 113 cm³/mol. The van der Waals surface area contributed by atoms with E-state index in [0.717, 1.165) is 5.56 Å². The fraction of sp³-hybridized carbons (Fsp3) is 0.136. The zero-order valence-electron chi connectivity index (χ0n) is 16.2. The number of methoxy groups -OCH3 is 1. The van der Waals surface area contributed by atoms with Crippen LogP contribution in [-0.4, -0.2) is 30.1 Å². The number of pyridine rings is 1. The van der Waals surface area contributed by atoms with Gasteiger partial charge in [-0.05, 0) is 29.8 Å². The number of carbonyl (C=O) groups excluding carboxylic acids is 2. The molecule has 30 heavy (non-hydrogen) atoms. The number of rotatable bonds is 7. The highest BCUT2D eigenvalue weighted by Gasteiger charge is 2.16. The van der Waals surface area contributed by atoms with E-state index < -0.39 is 11.8 Å². The Balaban J connectivity index is 1.93. The minimum absolute atomic E-state index is 0.111. The summed E-state index contributed by atoms with van der Waals surface area (Å²) in [6.07, 6.45) is 1.85. The summed E-state index contributed by atoms with van der Waals surface area (Å²) >= 11 is 6.23. The summed E-state index contributed by atoms with van der Waals surface area (Å²) in [5.74, 6) is -0.819. The zero-order chi connectivity index (χ0) is 21.5. The Labute approximate surface area is 178 Å². The first-order chi connectivity index (χ1) is 14.5. The van der Waals surface area contributed by atoms with Crippen molar-refractivity contribution in [3.05, 3.63) is 88.5 Å². The molecule has 0 spiro atoms. The van der Waals surface area contributed by atoms with Crippen LogP contribution < -0.4 is 20.7 Å². The summed E-state index contributed by atoms with van der Waals surface area (Å²) in [5.41, 5.74) is 6.89. The third-order valence-corrected chi connectivity index (χ3v) is 4.44. The van der Waals surface area contributed by atoms with Crippen molar-refractivity contribution in [2.45, 2.75) is 6.54 Å².